The molecule has 4 rings (SSSR count). The minimum Gasteiger partial charge on any atom is -0.396 e. The molecule has 15 unspecified atom stereocenters. The summed E-state index contributed by atoms with van der Waals surface area (Å²) >= 11 is 0. The minimum absolute atomic E-state index is 0. The maximum atomic E-state index is 12.0. The number of hydrogen-bond acceptors (Lipinski definition) is 30. The highest BCUT2D eigenvalue weighted by Gasteiger charge is 2.73. The van der Waals surface area contributed by atoms with Crippen molar-refractivity contribution in [1.82, 2.24) is 0 Å². The highest BCUT2D eigenvalue weighted by Crippen LogP contribution is 2.42. The van der Waals surface area contributed by atoms with Gasteiger partial charge in [0.2, 0.25) is 0 Å². The first-order valence-corrected chi connectivity index (χ1v) is 57.3. The third-order valence-electron chi connectivity index (χ3n) is 9.33. The van der Waals surface area contributed by atoms with E-state index in [2.05, 4.69) is 0 Å². The van der Waals surface area contributed by atoms with Crippen LogP contribution in [-0.2, 0) is 96.2 Å². The second-order valence-corrected chi connectivity index (χ2v) is 64.1. The average molecular weight is 1280 g/mol. The Morgan fingerprint density at radius 2 is 0.638 bits per heavy atom. The van der Waals surface area contributed by atoms with Crippen LogP contribution in [0, 0.1) is 0 Å². The fourth-order valence-electron chi connectivity index (χ4n) is 7.31. The number of rotatable bonds is 11. The van der Waals surface area contributed by atoms with Gasteiger partial charge in [0, 0.05) is 127 Å². The van der Waals surface area contributed by atoms with Gasteiger partial charge in [-0.25, -0.2) is 0 Å². The average Bonchev–Trinajstić information content (AvgIpc) is 3.08. The standard InChI is InChI=1S/C19H62O27Si15.C4H12O3Si/c1-26-48(5,21)29-47(4,19-20)30-55(12)38-53(10,27-2)32-51(8,24)35-57(14)40-54(11,28-3)39-56(13,42-57)33-49(6,22)31-50(7,23)34-58(15)43-59(16)36-52(9,25)37-60(17,44-59)46-61(18,41-55)45-58;1-6-8(3,4-5)7-2/h20-25H,19H2,1-18H3;5H,4H2,1-3H3/p+1. The second-order valence-electron chi connectivity index (χ2n) is 17.7. The van der Waals surface area contributed by atoms with Crippen molar-refractivity contribution in [2.24, 2.45) is 0 Å². The lowest BCUT2D eigenvalue weighted by Crippen LogP contribution is -2.79. The first-order chi connectivity index (χ1) is 30.7. The first-order valence-electron chi connectivity index (χ1n) is 20.9. The van der Waals surface area contributed by atoms with Crippen LogP contribution in [0.1, 0.15) is 1.43 Å². The zero-order valence-electron chi connectivity index (χ0n) is 43.9. The van der Waals surface area contributed by atoms with Crippen molar-refractivity contribution in [3.05, 3.63) is 0 Å². The summed E-state index contributed by atoms with van der Waals surface area (Å²) in [6.07, 6.45) is -0.771. The van der Waals surface area contributed by atoms with Crippen LogP contribution in [0.4, 0.5) is 0 Å². The number of hydrogen-bond donors (Lipinski definition) is 7. The van der Waals surface area contributed by atoms with Crippen molar-refractivity contribution in [3.63, 3.8) is 0 Å². The Bertz CT molecular complexity index is 1750. The maximum Gasteiger partial charge on any atom is 1.00 e. The van der Waals surface area contributed by atoms with Crippen LogP contribution in [0.2, 0.25) is 105 Å². The number of aliphatic hydroxyl groups excluding tert-OH is 2. The van der Waals surface area contributed by atoms with Crippen LogP contribution in [0.3, 0.4) is 0 Å². The molecule has 46 heteroatoms. The number of aliphatic hydroxyl groups is 2. The van der Waals surface area contributed by atoms with Crippen LogP contribution < -0.4 is 0 Å². The van der Waals surface area contributed by atoms with Gasteiger partial charge in [-0.3, -0.25) is 0 Å². The highest BCUT2D eigenvalue weighted by atomic mass is 28.6. The molecule has 4 aliphatic heterocycles. The quantitative estimate of drug-likeness (QED) is 0.120. The van der Waals surface area contributed by atoms with Gasteiger partial charge in [0.25, 0.3) is 0 Å². The van der Waals surface area contributed by atoms with Crippen molar-refractivity contribution in [1.29, 1.82) is 0 Å². The fourth-order valence-corrected chi connectivity index (χ4v) is 75.0. The molecule has 30 nitrogen and oxygen atoms in total. The van der Waals surface area contributed by atoms with Gasteiger partial charge in [-0.2, -0.15) is 0 Å². The van der Waals surface area contributed by atoms with Crippen LogP contribution in [0.15, 0.2) is 0 Å². The SMILES string of the molecule is CO[Si](C)(CO)OC.CO[Si](C)(O)O[Si](C)(CO)O[Si]1(C)O[Si](C)(OC)O[Si](C)(O)O[Si]2(C)O[Si](C)(OC)O[Si](C)(O[Si](C)(O)O[Si](C)(O)O[Si]3(C)O[Si]4(C)O[Si](C)(O)O[Si](C)(O4)O[Si](C)(O3)O1)O2.[H+]. The first kappa shape index (κ1) is 65.6. The molecule has 0 aromatic rings. The Balaban J connectivity index is 0.00000171. The highest BCUT2D eigenvalue weighted by molar-refractivity contribution is 6.98. The molecule has 7 N–H and O–H groups in total. The molecule has 0 aliphatic carbocycles. The van der Waals surface area contributed by atoms with Crippen molar-refractivity contribution >= 4 is 140 Å². The predicted octanol–water partition coefficient (Wildman–Crippen LogP) is -1.20. The molecule has 0 aromatic carbocycles. The molecule has 4 saturated heterocycles. The molecular weight excluding hydrogens is 1210 g/mol. The van der Waals surface area contributed by atoms with E-state index in [4.69, 9.17) is 101 Å². The molecule has 4 heterocycles. The van der Waals surface area contributed by atoms with E-state index in [9.17, 15) is 29.1 Å². The third kappa shape index (κ3) is 19.0. The van der Waals surface area contributed by atoms with Crippen molar-refractivity contribution < 1.29 is 132 Å². The smallest absolute Gasteiger partial charge is 0.396 e. The van der Waals surface area contributed by atoms with E-state index in [0.29, 0.717) is 0 Å². The summed E-state index contributed by atoms with van der Waals surface area (Å²) in [7, 11) is -60.0. The zero-order valence-corrected chi connectivity index (χ0v) is 58.9. The van der Waals surface area contributed by atoms with Crippen LogP contribution >= 0.6 is 0 Å². The largest absolute Gasteiger partial charge is 1.00 e. The summed E-state index contributed by atoms with van der Waals surface area (Å²) in [6.45, 7) is 22.1. The molecule has 0 saturated carbocycles. The van der Waals surface area contributed by atoms with Gasteiger partial charge in [-0.1, -0.05) is 0 Å². The molecule has 15 atom stereocenters. The molecule has 6 bridgehead atoms. The monoisotopic (exact) mass is 1280 g/mol. The normalized spacial score (nSPS) is 48.0. The molecule has 0 radical (unpaired) electrons. The second kappa shape index (κ2) is 22.2. The van der Waals surface area contributed by atoms with Crippen LogP contribution in [0.5, 0.6) is 0 Å². The zero-order chi connectivity index (χ0) is 53.7. The van der Waals surface area contributed by atoms with Gasteiger partial charge in [0.05, 0.1) is 12.5 Å². The molecule has 0 spiro atoms. The lowest BCUT2D eigenvalue weighted by molar-refractivity contribution is 0.0263. The van der Waals surface area contributed by atoms with E-state index in [1.54, 1.807) is 20.8 Å². The van der Waals surface area contributed by atoms with E-state index < -0.39 is 147 Å². The van der Waals surface area contributed by atoms with Gasteiger partial charge in [-0.05, 0) is 13.1 Å². The molecular formula is C23H75O30Si16+. The Morgan fingerprint density at radius 3 is 0.928 bits per heavy atom. The van der Waals surface area contributed by atoms with E-state index >= 15 is 0 Å². The van der Waals surface area contributed by atoms with Gasteiger partial charge in [-0.15, -0.1) is 0 Å². The summed E-state index contributed by atoms with van der Waals surface area (Å²) in [5.74, 6) is 0. The molecule has 4 aliphatic rings. The van der Waals surface area contributed by atoms with Crippen molar-refractivity contribution in [3.8, 4) is 0 Å². The van der Waals surface area contributed by atoms with Gasteiger partial charge >= 0.3 is 142 Å². The third-order valence-corrected chi connectivity index (χ3v) is 68.6. The van der Waals surface area contributed by atoms with Crippen molar-refractivity contribution in [2.75, 3.05) is 48.0 Å². The Hall–Kier alpha value is 2.27. The van der Waals surface area contributed by atoms with Gasteiger partial charge in [0.15, 0.2) is 0 Å². The van der Waals surface area contributed by atoms with E-state index in [1.807, 2.05) is 0 Å². The summed E-state index contributed by atoms with van der Waals surface area (Å²) in [4.78, 5) is 58.1. The van der Waals surface area contributed by atoms with Gasteiger partial charge < -0.3 is 130 Å². The molecule has 4 fully saturated rings. The summed E-state index contributed by atoms with van der Waals surface area (Å²) in [5.41, 5.74) is 0. The Morgan fingerprint density at radius 1 is 0.362 bits per heavy atom. The van der Waals surface area contributed by atoms with E-state index in [1.165, 1.54) is 113 Å². The van der Waals surface area contributed by atoms with Crippen LogP contribution in [0.25, 0.3) is 0 Å². The van der Waals surface area contributed by atoms with Crippen LogP contribution in [-0.4, -0.2) is 223 Å². The lowest BCUT2D eigenvalue weighted by atomic mass is 11.7. The van der Waals surface area contributed by atoms with E-state index in [0.717, 1.165) is 6.55 Å². The molecule has 0 aromatic heterocycles. The fraction of sp³-hybridized carbons (Fsp3) is 1.00. The predicted molar refractivity (Wildman–Crippen MR) is 267 cm³/mol. The molecule has 0 amide bonds. The molecule has 410 valence electrons. The number of fused-ring (bicyclic) bond motifs is 6. The van der Waals surface area contributed by atoms with E-state index in [-0.39, 0.29) is 7.66 Å². The van der Waals surface area contributed by atoms with Crippen molar-refractivity contribution in [2.45, 2.75) is 105 Å². The van der Waals surface area contributed by atoms with Gasteiger partial charge in [0.1, 0.15) is 0 Å². The summed E-state index contributed by atoms with van der Waals surface area (Å²) < 4.78 is 140. The lowest BCUT2D eigenvalue weighted by Gasteiger charge is -2.53. The Labute approximate surface area is 422 Å². The molecule has 69 heavy (non-hydrogen) atoms. The maximum absolute atomic E-state index is 12.0. The minimum atomic E-state index is -4.73. The Kier molecular flexibility index (Phi) is 21.1. The summed E-state index contributed by atoms with van der Waals surface area (Å²) in [6, 6.07) is 0. The topological polar surface area (TPSA) is 354 Å². The summed E-state index contributed by atoms with van der Waals surface area (Å²) in [5, 5.41) is 19.4.